The van der Waals surface area contributed by atoms with Gasteiger partial charge in [-0.15, -0.1) is 6.58 Å². The lowest BCUT2D eigenvalue weighted by molar-refractivity contribution is -0.335. The molecule has 0 spiro atoms. The predicted molar refractivity (Wildman–Crippen MR) is 107 cm³/mol. The molecule has 6 atom stereocenters. The minimum atomic E-state index is -1.33. The summed E-state index contributed by atoms with van der Waals surface area (Å²) in [4.78, 5) is 24.0. The second-order valence-corrected chi connectivity index (χ2v) is 7.28. The lowest BCUT2D eigenvalue weighted by Gasteiger charge is -2.39. The fraction of sp³-hybridized carbons (Fsp3) is 0.545. The Bertz CT molecular complexity index is 810. The molecule has 2 aliphatic rings. The van der Waals surface area contributed by atoms with Crippen molar-refractivity contribution < 1.29 is 42.7 Å². The molecular formula is C22H28O9. The van der Waals surface area contributed by atoms with Crippen molar-refractivity contribution in [1.29, 1.82) is 0 Å². The average Bonchev–Trinajstić information content (AvgIpc) is 3.06. The van der Waals surface area contributed by atoms with Gasteiger partial charge in [0.2, 0.25) is 0 Å². The lowest BCUT2D eigenvalue weighted by atomic mass is 9.99. The molecule has 170 valence electrons. The van der Waals surface area contributed by atoms with Crippen LogP contribution in [0.1, 0.15) is 38.1 Å². The number of esters is 2. The zero-order valence-electron chi connectivity index (χ0n) is 18.1. The van der Waals surface area contributed by atoms with Gasteiger partial charge in [-0.2, -0.15) is 0 Å². The number of benzene rings is 1. The first-order valence-corrected chi connectivity index (χ1v) is 10.1. The summed E-state index contributed by atoms with van der Waals surface area (Å²) in [5.74, 6) is -2.19. The van der Waals surface area contributed by atoms with Gasteiger partial charge < -0.3 is 33.2 Å². The molecule has 9 heteroatoms. The van der Waals surface area contributed by atoms with Crippen molar-refractivity contribution in [1.82, 2.24) is 0 Å². The normalized spacial score (nSPS) is 32.2. The molecule has 0 radical (unpaired) electrons. The van der Waals surface area contributed by atoms with Crippen LogP contribution in [0, 0.1) is 0 Å². The standard InChI is InChI=1S/C22H28O9/c1-6-11-25-21-19-18(30-22(5,31-19)26-7-2)17(13(3)27-21)29-20(24)15-9-8-10-16(12-15)28-14(4)23/h6,8-10,12-13,17-19,21H,1,7,11H2,2-5H3/t13-,17-,18+,19+,21+,22?/m0/s1. The smallest absolute Gasteiger partial charge is 0.338 e. The van der Waals surface area contributed by atoms with Gasteiger partial charge in [0, 0.05) is 20.5 Å². The highest BCUT2D eigenvalue weighted by Crippen LogP contribution is 2.40. The largest absolute Gasteiger partial charge is 0.453 e. The van der Waals surface area contributed by atoms with E-state index in [1.807, 2.05) is 6.92 Å². The predicted octanol–water partition coefficient (Wildman–Crippen LogP) is 2.58. The fourth-order valence-corrected chi connectivity index (χ4v) is 3.59. The van der Waals surface area contributed by atoms with E-state index in [9.17, 15) is 9.59 Å². The molecule has 2 aliphatic heterocycles. The van der Waals surface area contributed by atoms with Crippen molar-refractivity contribution >= 4 is 11.9 Å². The highest BCUT2D eigenvalue weighted by atomic mass is 16.9. The molecule has 0 aliphatic carbocycles. The third kappa shape index (κ3) is 5.50. The van der Waals surface area contributed by atoms with Crippen molar-refractivity contribution in [3.05, 3.63) is 42.5 Å². The summed E-state index contributed by atoms with van der Waals surface area (Å²) in [6.07, 6.45) is -1.86. The minimum absolute atomic E-state index is 0.221. The summed E-state index contributed by atoms with van der Waals surface area (Å²) in [5.41, 5.74) is 0.221. The van der Waals surface area contributed by atoms with E-state index >= 15 is 0 Å². The van der Waals surface area contributed by atoms with Crippen molar-refractivity contribution in [2.75, 3.05) is 13.2 Å². The maximum atomic E-state index is 12.8. The first-order chi connectivity index (χ1) is 14.8. The van der Waals surface area contributed by atoms with Crippen LogP contribution in [0.3, 0.4) is 0 Å². The monoisotopic (exact) mass is 436 g/mol. The second-order valence-electron chi connectivity index (χ2n) is 7.28. The van der Waals surface area contributed by atoms with Crippen LogP contribution >= 0.6 is 0 Å². The molecule has 9 nitrogen and oxygen atoms in total. The first-order valence-electron chi connectivity index (χ1n) is 10.1. The van der Waals surface area contributed by atoms with Crippen molar-refractivity contribution in [3.63, 3.8) is 0 Å². The lowest BCUT2D eigenvalue weighted by Crippen LogP contribution is -2.57. The van der Waals surface area contributed by atoms with Gasteiger partial charge in [0.15, 0.2) is 12.4 Å². The van der Waals surface area contributed by atoms with E-state index in [4.69, 9.17) is 33.2 Å². The van der Waals surface area contributed by atoms with Crippen molar-refractivity contribution in [3.8, 4) is 5.75 Å². The summed E-state index contributed by atoms with van der Waals surface area (Å²) >= 11 is 0. The molecule has 0 N–H and O–H groups in total. The number of hydrogen-bond donors (Lipinski definition) is 0. The van der Waals surface area contributed by atoms with Gasteiger partial charge in [0.25, 0.3) is 5.97 Å². The van der Waals surface area contributed by atoms with Crippen LogP contribution in [-0.2, 0) is 33.2 Å². The van der Waals surface area contributed by atoms with Crippen LogP contribution in [0.15, 0.2) is 36.9 Å². The Labute approximate surface area is 181 Å². The molecule has 2 saturated heterocycles. The molecule has 2 fully saturated rings. The number of carbonyl (C=O) groups is 2. The van der Waals surface area contributed by atoms with E-state index < -0.39 is 48.6 Å². The molecule has 0 bridgehead atoms. The van der Waals surface area contributed by atoms with Crippen molar-refractivity contribution in [2.24, 2.45) is 0 Å². The summed E-state index contributed by atoms with van der Waals surface area (Å²) < 4.78 is 40.0. The van der Waals surface area contributed by atoms with Crippen LogP contribution in [-0.4, -0.2) is 61.8 Å². The maximum Gasteiger partial charge on any atom is 0.338 e. The molecule has 31 heavy (non-hydrogen) atoms. The van der Waals surface area contributed by atoms with Gasteiger partial charge in [-0.05, 0) is 32.0 Å². The van der Waals surface area contributed by atoms with Gasteiger partial charge in [-0.3, -0.25) is 4.79 Å². The zero-order valence-corrected chi connectivity index (χ0v) is 18.1. The number of hydrogen-bond acceptors (Lipinski definition) is 9. The van der Waals surface area contributed by atoms with Gasteiger partial charge >= 0.3 is 11.9 Å². The molecule has 2 heterocycles. The zero-order chi connectivity index (χ0) is 22.6. The van der Waals surface area contributed by atoms with E-state index in [1.54, 1.807) is 38.1 Å². The molecule has 1 unspecified atom stereocenters. The quantitative estimate of drug-likeness (QED) is 0.346. The minimum Gasteiger partial charge on any atom is -0.453 e. The van der Waals surface area contributed by atoms with Crippen molar-refractivity contribution in [2.45, 2.75) is 64.4 Å². The summed E-state index contributed by atoms with van der Waals surface area (Å²) in [7, 11) is 0. The first kappa shape index (κ1) is 23.4. The Morgan fingerprint density at radius 1 is 1.26 bits per heavy atom. The summed E-state index contributed by atoms with van der Waals surface area (Å²) in [6, 6.07) is 6.16. The second kappa shape index (κ2) is 9.88. The Hall–Kier alpha value is -2.30. The maximum absolute atomic E-state index is 12.8. The molecule has 0 amide bonds. The fourth-order valence-electron chi connectivity index (χ4n) is 3.59. The molecule has 0 aromatic heterocycles. The third-order valence-electron chi connectivity index (χ3n) is 4.79. The number of carbonyl (C=O) groups excluding carboxylic acids is 2. The van der Waals surface area contributed by atoms with Gasteiger partial charge in [0.05, 0.1) is 18.3 Å². The SMILES string of the molecule is C=CCO[C@@H]1O[C@@H](C)[C@H](OC(=O)c2cccc(OC(C)=O)c2)[C@H]2OC(C)(OCC)O[C@@H]12. The van der Waals surface area contributed by atoms with Crippen LogP contribution in [0.4, 0.5) is 0 Å². The molecule has 1 aromatic rings. The Morgan fingerprint density at radius 3 is 2.68 bits per heavy atom. The van der Waals surface area contributed by atoms with E-state index in [0.717, 1.165) is 0 Å². The van der Waals surface area contributed by atoms with Crippen LogP contribution in [0.25, 0.3) is 0 Å². The van der Waals surface area contributed by atoms with Gasteiger partial charge in [-0.25, -0.2) is 4.79 Å². The highest BCUT2D eigenvalue weighted by Gasteiger charge is 2.58. The van der Waals surface area contributed by atoms with E-state index in [-0.39, 0.29) is 17.9 Å². The Balaban J connectivity index is 1.79. The third-order valence-corrected chi connectivity index (χ3v) is 4.79. The Morgan fingerprint density at radius 2 is 2.00 bits per heavy atom. The number of rotatable bonds is 8. The molecule has 0 saturated carbocycles. The van der Waals surface area contributed by atoms with Gasteiger partial charge in [-0.1, -0.05) is 12.1 Å². The highest BCUT2D eigenvalue weighted by molar-refractivity contribution is 5.90. The van der Waals surface area contributed by atoms with E-state index in [0.29, 0.717) is 6.61 Å². The summed E-state index contributed by atoms with van der Waals surface area (Å²) in [6.45, 7) is 10.8. The van der Waals surface area contributed by atoms with Crippen LogP contribution in [0.5, 0.6) is 5.75 Å². The number of ether oxygens (including phenoxy) is 7. The molecule has 1 aromatic carbocycles. The Kier molecular flexibility index (Phi) is 7.45. The van der Waals surface area contributed by atoms with Crippen LogP contribution in [0.2, 0.25) is 0 Å². The van der Waals surface area contributed by atoms with E-state index in [2.05, 4.69) is 6.58 Å². The van der Waals surface area contributed by atoms with E-state index in [1.165, 1.54) is 13.0 Å². The van der Waals surface area contributed by atoms with Crippen LogP contribution < -0.4 is 4.74 Å². The average molecular weight is 436 g/mol. The molecular weight excluding hydrogens is 408 g/mol. The molecule has 3 rings (SSSR count). The van der Waals surface area contributed by atoms with Gasteiger partial charge in [0.1, 0.15) is 18.0 Å². The number of fused-ring (bicyclic) bond motifs is 1. The summed E-state index contributed by atoms with van der Waals surface area (Å²) in [5, 5.41) is 0. The topological polar surface area (TPSA) is 98.8 Å².